The molecule has 0 bridgehead atoms. The van der Waals surface area contributed by atoms with Gasteiger partial charge >= 0.3 is 0 Å². The van der Waals surface area contributed by atoms with E-state index in [4.69, 9.17) is 0 Å². The number of likely N-dealkylation sites (N-methyl/N-ethyl adjacent to an activating group) is 1. The monoisotopic (exact) mass is 295 g/mol. The number of benzene rings is 2. The molecular weight excluding hydrogens is 274 g/mol. The lowest BCUT2D eigenvalue weighted by Crippen LogP contribution is -2.44. The maximum Gasteiger partial charge on any atom is 0.251 e. The Morgan fingerprint density at radius 3 is 2.23 bits per heavy atom. The summed E-state index contributed by atoms with van der Waals surface area (Å²) in [5.74, 6) is -0.193. The molecule has 3 heteroatoms. The normalized spacial score (nSPS) is 15.4. The molecule has 1 aliphatic rings. The number of rotatable bonds is 4. The average Bonchev–Trinajstić information content (AvgIpc) is 2.98. The Morgan fingerprint density at radius 2 is 1.64 bits per heavy atom. The molecule has 1 aliphatic carbocycles. The van der Waals surface area contributed by atoms with E-state index in [0.29, 0.717) is 6.42 Å². The van der Waals surface area contributed by atoms with Crippen molar-refractivity contribution in [3.8, 4) is 0 Å². The SMILES string of the molecule is CN(C(=O)[C@@H](O)Cc1ccccc1)C1Cc2ccccc2C1. The second-order valence-electron chi connectivity index (χ2n) is 5.99. The van der Waals surface area contributed by atoms with Crippen molar-refractivity contribution in [1.29, 1.82) is 0 Å². The minimum absolute atomic E-state index is 0.148. The smallest absolute Gasteiger partial charge is 0.251 e. The molecular formula is C19H21NO2. The summed E-state index contributed by atoms with van der Waals surface area (Å²) in [7, 11) is 1.80. The van der Waals surface area contributed by atoms with Crippen molar-refractivity contribution in [2.24, 2.45) is 0 Å². The Kier molecular flexibility index (Phi) is 4.25. The van der Waals surface area contributed by atoms with E-state index in [1.165, 1.54) is 11.1 Å². The van der Waals surface area contributed by atoms with Gasteiger partial charge in [0.15, 0.2) is 0 Å². The third-order valence-corrected chi connectivity index (χ3v) is 4.48. The fourth-order valence-electron chi connectivity index (χ4n) is 3.15. The molecule has 0 saturated carbocycles. The summed E-state index contributed by atoms with van der Waals surface area (Å²) < 4.78 is 0. The molecule has 114 valence electrons. The Balaban J connectivity index is 1.63. The van der Waals surface area contributed by atoms with E-state index in [1.54, 1.807) is 11.9 Å². The number of aliphatic hydroxyl groups excluding tert-OH is 1. The average molecular weight is 295 g/mol. The van der Waals surface area contributed by atoms with E-state index in [-0.39, 0.29) is 11.9 Å². The lowest BCUT2D eigenvalue weighted by atomic mass is 10.1. The fraction of sp³-hybridized carbons (Fsp3) is 0.316. The molecule has 1 N–H and O–H groups in total. The molecule has 3 rings (SSSR count). The standard InChI is InChI=1S/C19H21NO2/c1-20(17-12-15-9-5-6-10-16(15)13-17)19(22)18(21)11-14-7-3-2-4-8-14/h2-10,17-18,21H,11-13H2,1H3/t18-/m0/s1. The van der Waals surface area contributed by atoms with Gasteiger partial charge in [0, 0.05) is 19.5 Å². The van der Waals surface area contributed by atoms with Gasteiger partial charge in [0.2, 0.25) is 0 Å². The van der Waals surface area contributed by atoms with Crippen molar-refractivity contribution < 1.29 is 9.90 Å². The molecule has 1 amide bonds. The largest absolute Gasteiger partial charge is 0.383 e. The van der Waals surface area contributed by atoms with Gasteiger partial charge in [-0.25, -0.2) is 0 Å². The van der Waals surface area contributed by atoms with Gasteiger partial charge < -0.3 is 10.0 Å². The predicted octanol–water partition coefficient (Wildman–Crippen LogP) is 2.22. The van der Waals surface area contributed by atoms with Crippen LogP contribution in [0.15, 0.2) is 54.6 Å². The van der Waals surface area contributed by atoms with E-state index in [0.717, 1.165) is 18.4 Å². The third kappa shape index (κ3) is 3.04. The topological polar surface area (TPSA) is 40.5 Å². The molecule has 0 radical (unpaired) electrons. The van der Waals surface area contributed by atoms with Gasteiger partial charge in [-0.15, -0.1) is 0 Å². The van der Waals surface area contributed by atoms with Crippen LogP contribution in [0.2, 0.25) is 0 Å². The highest BCUT2D eigenvalue weighted by atomic mass is 16.3. The first-order valence-corrected chi connectivity index (χ1v) is 7.70. The van der Waals surface area contributed by atoms with Gasteiger partial charge in [0.05, 0.1) is 0 Å². The highest BCUT2D eigenvalue weighted by molar-refractivity contribution is 5.81. The maximum atomic E-state index is 12.5. The Labute approximate surface area is 131 Å². The van der Waals surface area contributed by atoms with Crippen LogP contribution in [0.4, 0.5) is 0 Å². The third-order valence-electron chi connectivity index (χ3n) is 4.48. The molecule has 22 heavy (non-hydrogen) atoms. The number of amides is 1. The van der Waals surface area contributed by atoms with Gasteiger partial charge in [0.1, 0.15) is 6.10 Å². The number of aliphatic hydroxyl groups is 1. The Hall–Kier alpha value is -2.13. The van der Waals surface area contributed by atoms with Gasteiger partial charge in [0.25, 0.3) is 5.91 Å². The van der Waals surface area contributed by atoms with E-state index < -0.39 is 6.10 Å². The number of carbonyl (C=O) groups is 1. The van der Waals surface area contributed by atoms with Crippen molar-refractivity contribution in [1.82, 2.24) is 4.90 Å². The van der Waals surface area contributed by atoms with Crippen molar-refractivity contribution in [3.05, 3.63) is 71.3 Å². The number of carbonyl (C=O) groups excluding carboxylic acids is 1. The van der Waals surface area contributed by atoms with Crippen LogP contribution >= 0.6 is 0 Å². The van der Waals surface area contributed by atoms with Crippen LogP contribution in [0.25, 0.3) is 0 Å². The van der Waals surface area contributed by atoms with Gasteiger partial charge in [-0.05, 0) is 29.5 Å². The molecule has 0 unspecified atom stereocenters. The zero-order valence-corrected chi connectivity index (χ0v) is 12.8. The molecule has 3 nitrogen and oxygen atoms in total. The first-order valence-electron chi connectivity index (χ1n) is 7.70. The molecule has 0 fully saturated rings. The first kappa shape index (κ1) is 14.8. The van der Waals surface area contributed by atoms with Crippen molar-refractivity contribution >= 4 is 5.91 Å². The molecule has 0 aliphatic heterocycles. The van der Waals surface area contributed by atoms with Crippen LogP contribution in [0.1, 0.15) is 16.7 Å². The summed E-state index contributed by atoms with van der Waals surface area (Å²) in [6.45, 7) is 0. The Morgan fingerprint density at radius 1 is 1.09 bits per heavy atom. The van der Waals surface area contributed by atoms with Crippen LogP contribution in [-0.4, -0.2) is 35.1 Å². The van der Waals surface area contributed by atoms with Gasteiger partial charge in [-0.3, -0.25) is 4.79 Å². The van der Waals surface area contributed by atoms with Crippen LogP contribution in [0.3, 0.4) is 0 Å². The van der Waals surface area contributed by atoms with E-state index in [2.05, 4.69) is 12.1 Å². The summed E-state index contributed by atoms with van der Waals surface area (Å²) in [6, 6.07) is 18.1. The highest BCUT2D eigenvalue weighted by Crippen LogP contribution is 2.25. The first-order chi connectivity index (χ1) is 10.6. The molecule has 0 saturated heterocycles. The quantitative estimate of drug-likeness (QED) is 0.939. The van der Waals surface area contributed by atoms with Crippen LogP contribution in [0, 0.1) is 0 Å². The van der Waals surface area contributed by atoms with Crippen LogP contribution in [0.5, 0.6) is 0 Å². The van der Waals surface area contributed by atoms with E-state index in [9.17, 15) is 9.90 Å². The van der Waals surface area contributed by atoms with Gasteiger partial charge in [-0.2, -0.15) is 0 Å². The zero-order chi connectivity index (χ0) is 15.5. The fourth-order valence-corrected chi connectivity index (χ4v) is 3.15. The number of hydrogen-bond donors (Lipinski definition) is 1. The molecule has 1 atom stereocenters. The number of fused-ring (bicyclic) bond motifs is 1. The molecule has 0 heterocycles. The van der Waals surface area contributed by atoms with E-state index >= 15 is 0 Å². The molecule has 0 spiro atoms. The molecule has 2 aromatic carbocycles. The summed E-state index contributed by atoms with van der Waals surface area (Å²) >= 11 is 0. The Bertz CT molecular complexity index is 628. The van der Waals surface area contributed by atoms with Gasteiger partial charge in [-0.1, -0.05) is 54.6 Å². The van der Waals surface area contributed by atoms with Crippen molar-refractivity contribution in [2.45, 2.75) is 31.4 Å². The van der Waals surface area contributed by atoms with Crippen LogP contribution < -0.4 is 0 Å². The zero-order valence-electron chi connectivity index (χ0n) is 12.8. The summed E-state index contributed by atoms with van der Waals surface area (Å²) in [6.07, 6.45) is 1.13. The summed E-state index contributed by atoms with van der Waals surface area (Å²) in [5.41, 5.74) is 3.60. The van der Waals surface area contributed by atoms with E-state index in [1.807, 2.05) is 42.5 Å². The lowest BCUT2D eigenvalue weighted by Gasteiger charge is -2.26. The van der Waals surface area contributed by atoms with Crippen molar-refractivity contribution in [3.63, 3.8) is 0 Å². The minimum Gasteiger partial charge on any atom is -0.383 e. The molecule has 0 aromatic heterocycles. The lowest BCUT2D eigenvalue weighted by molar-refractivity contribution is -0.140. The maximum absolute atomic E-state index is 12.5. The number of hydrogen-bond acceptors (Lipinski definition) is 2. The van der Waals surface area contributed by atoms with Crippen LogP contribution in [-0.2, 0) is 24.1 Å². The second kappa shape index (κ2) is 6.32. The molecule has 2 aromatic rings. The highest BCUT2D eigenvalue weighted by Gasteiger charge is 2.30. The van der Waals surface area contributed by atoms with Crippen molar-refractivity contribution in [2.75, 3.05) is 7.05 Å². The minimum atomic E-state index is -0.976. The summed E-state index contributed by atoms with van der Waals surface area (Å²) in [4.78, 5) is 14.2. The summed E-state index contributed by atoms with van der Waals surface area (Å²) in [5, 5.41) is 10.2. The predicted molar refractivity (Wildman–Crippen MR) is 86.6 cm³/mol. The second-order valence-corrected chi connectivity index (χ2v) is 5.99. The number of nitrogens with zero attached hydrogens (tertiary/aromatic N) is 1.